The molecule has 1 N–H and O–H groups in total. The number of nitriles is 1. The van der Waals surface area contributed by atoms with Crippen LogP contribution >= 0.6 is 0 Å². The Morgan fingerprint density at radius 3 is 2.32 bits per heavy atom. The van der Waals surface area contributed by atoms with Crippen LogP contribution in [0.25, 0.3) is 11.1 Å². The molecular formula is C23H20N2O3. The van der Waals surface area contributed by atoms with Gasteiger partial charge >= 0.3 is 0 Å². The number of nitrogens with one attached hydrogen (secondary N) is 1. The van der Waals surface area contributed by atoms with Gasteiger partial charge in [0.1, 0.15) is 0 Å². The van der Waals surface area contributed by atoms with E-state index >= 15 is 0 Å². The van der Waals surface area contributed by atoms with E-state index in [-0.39, 0.29) is 12.5 Å². The summed E-state index contributed by atoms with van der Waals surface area (Å²) in [7, 11) is 0. The summed E-state index contributed by atoms with van der Waals surface area (Å²) in [5.74, 6) is 0.594. The first-order valence-corrected chi connectivity index (χ1v) is 8.94. The second-order valence-corrected chi connectivity index (χ2v) is 5.99. The van der Waals surface area contributed by atoms with Crippen LogP contribution in [0.1, 0.15) is 12.5 Å². The van der Waals surface area contributed by atoms with Crippen LogP contribution < -0.4 is 14.8 Å². The molecule has 0 aliphatic carbocycles. The van der Waals surface area contributed by atoms with Crippen molar-refractivity contribution < 1.29 is 14.3 Å². The second-order valence-electron chi connectivity index (χ2n) is 5.99. The number of hydrogen-bond donors (Lipinski definition) is 1. The van der Waals surface area contributed by atoms with Crippen molar-refractivity contribution in [2.45, 2.75) is 6.92 Å². The second kappa shape index (κ2) is 9.24. The first kappa shape index (κ1) is 19.0. The fraction of sp³-hybridized carbons (Fsp3) is 0.130. The summed E-state index contributed by atoms with van der Waals surface area (Å²) in [6.07, 6.45) is 0. The van der Waals surface area contributed by atoms with Crippen molar-refractivity contribution in [2.24, 2.45) is 0 Å². The van der Waals surface area contributed by atoms with Gasteiger partial charge in [0.2, 0.25) is 0 Å². The van der Waals surface area contributed by atoms with Gasteiger partial charge in [-0.15, -0.1) is 0 Å². The Bertz CT molecular complexity index is 977. The summed E-state index contributed by atoms with van der Waals surface area (Å²) >= 11 is 0. The molecule has 5 heteroatoms. The largest absolute Gasteiger partial charge is 0.490 e. The van der Waals surface area contributed by atoms with Gasteiger partial charge in [-0.2, -0.15) is 5.26 Å². The number of anilines is 1. The van der Waals surface area contributed by atoms with E-state index < -0.39 is 0 Å². The molecule has 0 heterocycles. The number of rotatable bonds is 7. The van der Waals surface area contributed by atoms with Gasteiger partial charge < -0.3 is 14.8 Å². The van der Waals surface area contributed by atoms with Crippen molar-refractivity contribution in [2.75, 3.05) is 18.5 Å². The van der Waals surface area contributed by atoms with Gasteiger partial charge in [-0.25, -0.2) is 0 Å². The topological polar surface area (TPSA) is 71.3 Å². The first-order chi connectivity index (χ1) is 13.7. The molecule has 0 bridgehead atoms. The lowest BCUT2D eigenvalue weighted by Crippen LogP contribution is -2.20. The number of ether oxygens (including phenoxy) is 2. The zero-order valence-corrected chi connectivity index (χ0v) is 15.5. The molecule has 0 radical (unpaired) electrons. The number of carbonyl (C=O) groups excluding carboxylic acids is 1. The highest BCUT2D eigenvalue weighted by Gasteiger charge is 2.10. The first-order valence-electron chi connectivity index (χ1n) is 8.94. The van der Waals surface area contributed by atoms with Crippen LogP contribution in [0.3, 0.4) is 0 Å². The fourth-order valence-electron chi connectivity index (χ4n) is 2.68. The van der Waals surface area contributed by atoms with Crippen LogP contribution in [0, 0.1) is 11.3 Å². The Balaban J connectivity index is 1.60. The quantitative estimate of drug-likeness (QED) is 0.656. The van der Waals surface area contributed by atoms with Gasteiger partial charge in [0.05, 0.1) is 18.2 Å². The minimum absolute atomic E-state index is 0.160. The van der Waals surface area contributed by atoms with E-state index in [9.17, 15) is 4.79 Å². The third kappa shape index (κ3) is 4.89. The average Bonchev–Trinajstić information content (AvgIpc) is 2.74. The molecule has 3 aromatic carbocycles. The molecule has 3 aromatic rings. The molecule has 0 spiro atoms. The molecule has 1 amide bonds. The van der Waals surface area contributed by atoms with E-state index in [1.807, 2.05) is 61.5 Å². The maximum Gasteiger partial charge on any atom is 0.262 e. The lowest BCUT2D eigenvalue weighted by molar-refractivity contribution is -0.118. The number of nitrogens with zero attached hydrogens (tertiary/aromatic N) is 1. The minimum atomic E-state index is -0.278. The molecule has 5 nitrogen and oxygen atoms in total. The molecule has 28 heavy (non-hydrogen) atoms. The molecule has 0 saturated heterocycles. The maximum atomic E-state index is 12.2. The zero-order valence-electron chi connectivity index (χ0n) is 15.5. The van der Waals surface area contributed by atoms with Crippen LogP contribution in [0.15, 0.2) is 72.8 Å². The molecule has 140 valence electrons. The Hall–Kier alpha value is -3.78. The minimum Gasteiger partial charge on any atom is -0.490 e. The van der Waals surface area contributed by atoms with Crippen molar-refractivity contribution in [3.05, 3.63) is 78.4 Å². The van der Waals surface area contributed by atoms with E-state index in [2.05, 4.69) is 11.4 Å². The molecule has 0 atom stereocenters. The Labute approximate surface area is 164 Å². The van der Waals surface area contributed by atoms with E-state index in [0.717, 1.165) is 11.1 Å². The van der Waals surface area contributed by atoms with Crippen molar-refractivity contribution in [3.63, 3.8) is 0 Å². The third-order valence-corrected chi connectivity index (χ3v) is 4.01. The lowest BCUT2D eigenvalue weighted by atomic mass is 10.1. The Kier molecular flexibility index (Phi) is 6.27. The van der Waals surface area contributed by atoms with Gasteiger partial charge in [-0.1, -0.05) is 42.5 Å². The molecule has 3 rings (SSSR count). The lowest BCUT2D eigenvalue weighted by Gasteiger charge is -2.12. The van der Waals surface area contributed by atoms with Gasteiger partial charge in [0.25, 0.3) is 5.91 Å². The highest BCUT2D eigenvalue weighted by Crippen LogP contribution is 2.28. The SMILES string of the molecule is CCOc1cc(C#N)ccc1OCC(=O)Nc1ccc(-c2ccccc2)cc1. The molecule has 0 saturated carbocycles. The van der Waals surface area contributed by atoms with Gasteiger partial charge in [-0.05, 0) is 42.3 Å². The fourth-order valence-corrected chi connectivity index (χ4v) is 2.68. The normalized spacial score (nSPS) is 10.0. The van der Waals surface area contributed by atoms with Crippen LogP contribution in [0.4, 0.5) is 5.69 Å². The van der Waals surface area contributed by atoms with Crippen molar-refractivity contribution >= 4 is 11.6 Å². The van der Waals surface area contributed by atoms with Crippen LogP contribution in [0.5, 0.6) is 11.5 Å². The summed E-state index contributed by atoms with van der Waals surface area (Å²) in [6.45, 7) is 2.12. The highest BCUT2D eigenvalue weighted by molar-refractivity contribution is 5.92. The van der Waals surface area contributed by atoms with Gasteiger partial charge in [-0.3, -0.25) is 4.79 Å². The van der Waals surface area contributed by atoms with Crippen LogP contribution in [0.2, 0.25) is 0 Å². The van der Waals surface area contributed by atoms with E-state index in [1.165, 1.54) is 0 Å². The van der Waals surface area contributed by atoms with Gasteiger partial charge in [0.15, 0.2) is 18.1 Å². The van der Waals surface area contributed by atoms with E-state index in [4.69, 9.17) is 14.7 Å². The Morgan fingerprint density at radius 1 is 0.929 bits per heavy atom. The monoisotopic (exact) mass is 372 g/mol. The highest BCUT2D eigenvalue weighted by atomic mass is 16.5. The number of hydrogen-bond acceptors (Lipinski definition) is 4. The maximum absolute atomic E-state index is 12.2. The smallest absolute Gasteiger partial charge is 0.262 e. The molecule has 0 aliphatic rings. The summed E-state index contributed by atoms with van der Waals surface area (Å²) in [5, 5.41) is 11.8. The number of carbonyl (C=O) groups is 1. The summed E-state index contributed by atoms with van der Waals surface area (Å²) in [6, 6.07) is 24.6. The predicted octanol–water partition coefficient (Wildman–Crippen LogP) is 4.64. The standard InChI is InChI=1S/C23H20N2O3/c1-2-27-22-14-17(15-24)8-13-21(22)28-16-23(26)25-20-11-9-19(10-12-20)18-6-4-3-5-7-18/h3-14H,2,16H2,1H3,(H,25,26). The predicted molar refractivity (Wildman–Crippen MR) is 108 cm³/mol. The van der Waals surface area contributed by atoms with Crippen LogP contribution in [-0.2, 0) is 4.79 Å². The average molecular weight is 372 g/mol. The van der Waals surface area contributed by atoms with Crippen molar-refractivity contribution in [1.82, 2.24) is 0 Å². The van der Waals surface area contributed by atoms with Crippen LogP contribution in [-0.4, -0.2) is 19.1 Å². The molecule has 0 aromatic heterocycles. The van der Waals surface area contributed by atoms with E-state index in [1.54, 1.807) is 18.2 Å². The number of benzene rings is 3. The van der Waals surface area contributed by atoms with E-state index in [0.29, 0.717) is 29.4 Å². The molecule has 0 aliphatic heterocycles. The summed E-state index contributed by atoms with van der Waals surface area (Å²) in [5.41, 5.74) is 3.36. The van der Waals surface area contributed by atoms with Crippen molar-refractivity contribution in [3.8, 4) is 28.7 Å². The summed E-state index contributed by atoms with van der Waals surface area (Å²) in [4.78, 5) is 12.2. The van der Waals surface area contributed by atoms with Gasteiger partial charge in [0, 0.05) is 11.8 Å². The zero-order chi connectivity index (χ0) is 19.8. The Morgan fingerprint density at radius 2 is 1.64 bits per heavy atom. The molecular weight excluding hydrogens is 352 g/mol. The molecule has 0 unspecified atom stereocenters. The molecule has 0 fully saturated rings. The summed E-state index contributed by atoms with van der Waals surface area (Å²) < 4.78 is 11.0. The number of amides is 1. The van der Waals surface area contributed by atoms with Crippen molar-refractivity contribution in [1.29, 1.82) is 5.26 Å². The third-order valence-electron chi connectivity index (χ3n) is 4.01.